The highest BCUT2D eigenvalue weighted by molar-refractivity contribution is 6.02. The predicted octanol–water partition coefficient (Wildman–Crippen LogP) is 2.80. The van der Waals surface area contributed by atoms with E-state index in [1.165, 1.54) is 12.1 Å². The molecule has 0 spiro atoms. The normalized spacial score (nSPS) is 25.2. The first kappa shape index (κ1) is 19.7. The number of non-ortho nitro benzene ring substituents is 1. The van der Waals surface area contributed by atoms with Gasteiger partial charge in [0.15, 0.2) is 5.78 Å². The molecule has 1 aliphatic carbocycles. The maximum absolute atomic E-state index is 13.2. The van der Waals surface area contributed by atoms with Crippen LogP contribution in [0.4, 0.5) is 5.69 Å². The summed E-state index contributed by atoms with van der Waals surface area (Å²) in [7, 11) is 0. The van der Waals surface area contributed by atoms with Gasteiger partial charge in [-0.15, -0.1) is 0 Å². The largest absolute Gasteiger partial charge is 0.379 e. The molecular weight excluding hydrogens is 374 g/mol. The lowest BCUT2D eigenvalue weighted by atomic mass is 9.69. The Morgan fingerprint density at radius 1 is 1.17 bits per heavy atom. The average molecular weight is 399 g/mol. The van der Waals surface area contributed by atoms with Crippen LogP contribution < -0.4 is 0 Å². The summed E-state index contributed by atoms with van der Waals surface area (Å²) >= 11 is 0. The van der Waals surface area contributed by atoms with Crippen LogP contribution in [0.15, 0.2) is 35.5 Å². The summed E-state index contributed by atoms with van der Waals surface area (Å²) in [6.07, 6.45) is 1.15. The lowest BCUT2D eigenvalue weighted by Gasteiger charge is -2.47. The number of ether oxygens (including phenoxy) is 1. The Hall–Kier alpha value is -2.58. The maximum Gasteiger partial charge on any atom is 0.269 e. The molecule has 4 rings (SSSR count). The van der Waals surface area contributed by atoms with E-state index in [2.05, 4.69) is 0 Å². The van der Waals surface area contributed by atoms with Crippen LogP contribution in [0.5, 0.6) is 0 Å². The van der Waals surface area contributed by atoms with E-state index in [9.17, 15) is 19.7 Å². The zero-order valence-corrected chi connectivity index (χ0v) is 16.7. The Morgan fingerprint density at radius 2 is 1.90 bits per heavy atom. The molecular formula is C21H25N3O5. The fourth-order valence-corrected chi connectivity index (χ4v) is 4.62. The first-order chi connectivity index (χ1) is 13.8. The third kappa shape index (κ3) is 3.70. The number of Topliss-reactive ketones (excluding diaryl/α,β-unsaturated/α-hetero) is 1. The van der Waals surface area contributed by atoms with Gasteiger partial charge in [0.1, 0.15) is 0 Å². The molecule has 8 heteroatoms. The smallest absolute Gasteiger partial charge is 0.269 e. The number of nitro benzene ring substituents is 1. The second-order valence-electron chi connectivity index (χ2n) is 8.68. The molecule has 29 heavy (non-hydrogen) atoms. The third-order valence-corrected chi connectivity index (χ3v) is 5.87. The lowest BCUT2D eigenvalue weighted by Crippen LogP contribution is -2.55. The number of nitrogens with zero attached hydrogens (tertiary/aromatic N) is 3. The van der Waals surface area contributed by atoms with Crippen LogP contribution >= 0.6 is 0 Å². The van der Waals surface area contributed by atoms with E-state index in [1.54, 1.807) is 17.1 Å². The number of ketones is 1. The van der Waals surface area contributed by atoms with Crippen molar-refractivity contribution in [3.05, 3.63) is 51.2 Å². The van der Waals surface area contributed by atoms with Crippen LogP contribution in [-0.4, -0.2) is 52.9 Å². The first-order valence-corrected chi connectivity index (χ1v) is 9.93. The summed E-state index contributed by atoms with van der Waals surface area (Å²) in [6.45, 7) is 6.34. The van der Waals surface area contributed by atoms with Gasteiger partial charge in [-0.3, -0.25) is 19.7 Å². The van der Waals surface area contributed by atoms with Crippen LogP contribution in [0.3, 0.4) is 0 Å². The minimum absolute atomic E-state index is 0.0264. The molecule has 1 atom stereocenters. The van der Waals surface area contributed by atoms with Gasteiger partial charge in [0.05, 0.1) is 18.1 Å². The van der Waals surface area contributed by atoms with Crippen molar-refractivity contribution in [2.45, 2.75) is 39.0 Å². The van der Waals surface area contributed by atoms with Gasteiger partial charge in [-0.25, -0.2) is 10.0 Å². The number of amides is 1. The second kappa shape index (κ2) is 7.35. The molecule has 0 saturated carbocycles. The van der Waals surface area contributed by atoms with Crippen molar-refractivity contribution in [3.8, 4) is 0 Å². The van der Waals surface area contributed by atoms with Crippen molar-refractivity contribution in [2.75, 3.05) is 26.3 Å². The minimum atomic E-state index is -0.449. The number of carbonyl (C=O) groups excluding carboxylic acids is 2. The first-order valence-electron chi connectivity index (χ1n) is 9.93. The second-order valence-corrected chi connectivity index (χ2v) is 8.68. The average Bonchev–Trinajstić information content (AvgIpc) is 2.67. The number of morpholine rings is 1. The van der Waals surface area contributed by atoms with Crippen LogP contribution in [0.1, 0.15) is 44.6 Å². The molecule has 1 aromatic carbocycles. The van der Waals surface area contributed by atoms with Gasteiger partial charge in [0.2, 0.25) is 5.91 Å². The third-order valence-electron chi connectivity index (χ3n) is 5.87. The molecule has 1 amide bonds. The molecule has 0 bridgehead atoms. The minimum Gasteiger partial charge on any atom is -0.379 e. The van der Waals surface area contributed by atoms with Gasteiger partial charge >= 0.3 is 0 Å². The number of hydrogen-bond donors (Lipinski definition) is 0. The topological polar surface area (TPSA) is 93.0 Å². The number of carbonyl (C=O) groups is 2. The molecule has 8 nitrogen and oxygen atoms in total. The fraction of sp³-hybridized carbons (Fsp3) is 0.524. The number of nitro groups is 1. The van der Waals surface area contributed by atoms with Gasteiger partial charge in [-0.1, -0.05) is 26.0 Å². The van der Waals surface area contributed by atoms with Gasteiger partial charge in [0, 0.05) is 55.3 Å². The standard InChI is InChI=1S/C21H25N3O5/c1-21(2)12-17-20(18(25)13-21)16(14-4-3-5-15(10-14)24(27)28)11-19(26)23(17)22-6-8-29-9-7-22/h3-5,10,16H,6-9,11-13H2,1-2H3. The molecule has 154 valence electrons. The molecule has 1 unspecified atom stereocenters. The van der Waals surface area contributed by atoms with Crippen molar-refractivity contribution < 1.29 is 19.2 Å². The number of rotatable bonds is 3. The van der Waals surface area contributed by atoms with E-state index in [0.29, 0.717) is 50.3 Å². The van der Waals surface area contributed by atoms with E-state index in [1.807, 2.05) is 18.9 Å². The summed E-state index contributed by atoms with van der Waals surface area (Å²) < 4.78 is 5.42. The Labute approximate surface area is 169 Å². The van der Waals surface area contributed by atoms with Gasteiger partial charge in [-0.05, 0) is 17.4 Å². The molecule has 0 N–H and O–H groups in total. The van der Waals surface area contributed by atoms with E-state index in [4.69, 9.17) is 4.74 Å². The molecule has 1 saturated heterocycles. The van der Waals surface area contributed by atoms with E-state index >= 15 is 0 Å². The van der Waals surface area contributed by atoms with Crippen molar-refractivity contribution in [1.82, 2.24) is 10.0 Å². The van der Waals surface area contributed by atoms with Gasteiger partial charge in [0.25, 0.3) is 5.69 Å². The van der Waals surface area contributed by atoms with Gasteiger partial charge < -0.3 is 4.74 Å². The maximum atomic E-state index is 13.2. The Bertz CT molecular complexity index is 901. The summed E-state index contributed by atoms with van der Waals surface area (Å²) in [5.41, 5.74) is 1.76. The molecule has 1 fully saturated rings. The summed E-state index contributed by atoms with van der Waals surface area (Å²) in [5.74, 6) is -0.496. The van der Waals surface area contributed by atoms with E-state index in [0.717, 1.165) is 5.70 Å². The van der Waals surface area contributed by atoms with Crippen molar-refractivity contribution in [2.24, 2.45) is 5.41 Å². The Kier molecular flexibility index (Phi) is 5.00. The highest BCUT2D eigenvalue weighted by Crippen LogP contribution is 2.47. The zero-order valence-electron chi connectivity index (χ0n) is 16.7. The molecule has 2 aliphatic heterocycles. The van der Waals surface area contributed by atoms with E-state index < -0.39 is 10.8 Å². The SMILES string of the molecule is CC1(C)CC(=O)C2=C(C1)N(N1CCOCC1)C(=O)CC2c1cccc([N+](=O)[O-])c1. The number of hydrazine groups is 1. The molecule has 2 heterocycles. The highest BCUT2D eigenvalue weighted by Gasteiger charge is 2.45. The summed E-state index contributed by atoms with van der Waals surface area (Å²) in [4.78, 5) is 37.2. The van der Waals surface area contributed by atoms with Gasteiger partial charge in [-0.2, -0.15) is 0 Å². The van der Waals surface area contributed by atoms with Crippen LogP contribution in [0.25, 0.3) is 0 Å². The number of benzene rings is 1. The van der Waals surface area contributed by atoms with E-state index in [-0.39, 0.29) is 29.2 Å². The molecule has 0 radical (unpaired) electrons. The quantitative estimate of drug-likeness (QED) is 0.573. The Morgan fingerprint density at radius 3 is 2.59 bits per heavy atom. The summed E-state index contributed by atoms with van der Waals surface area (Å²) in [6, 6.07) is 6.30. The molecule has 3 aliphatic rings. The zero-order chi connectivity index (χ0) is 20.8. The molecule has 1 aromatic rings. The highest BCUT2D eigenvalue weighted by atomic mass is 16.6. The molecule has 0 aromatic heterocycles. The van der Waals surface area contributed by atoms with Crippen molar-refractivity contribution >= 4 is 17.4 Å². The van der Waals surface area contributed by atoms with Crippen LogP contribution in [-0.2, 0) is 14.3 Å². The Balaban J connectivity index is 1.82. The lowest BCUT2D eigenvalue weighted by molar-refractivity contribution is -0.384. The van der Waals surface area contributed by atoms with Crippen molar-refractivity contribution in [1.29, 1.82) is 0 Å². The van der Waals surface area contributed by atoms with Crippen LogP contribution in [0, 0.1) is 15.5 Å². The predicted molar refractivity (Wildman–Crippen MR) is 105 cm³/mol. The number of allylic oxidation sites excluding steroid dienone is 2. The van der Waals surface area contributed by atoms with Crippen molar-refractivity contribution in [3.63, 3.8) is 0 Å². The fourth-order valence-electron chi connectivity index (χ4n) is 4.62. The number of hydrogen-bond acceptors (Lipinski definition) is 6. The summed E-state index contributed by atoms with van der Waals surface area (Å²) in [5, 5.41) is 14.9. The van der Waals surface area contributed by atoms with Crippen LogP contribution in [0.2, 0.25) is 0 Å². The monoisotopic (exact) mass is 399 g/mol.